The number of carbonyl (C=O) groups is 2. The first kappa shape index (κ1) is 23.2. The molecule has 0 unspecified atom stereocenters. The quantitative estimate of drug-likeness (QED) is 0.483. The van der Waals surface area contributed by atoms with Crippen LogP contribution < -0.4 is 5.73 Å². The van der Waals surface area contributed by atoms with Crippen molar-refractivity contribution in [2.24, 2.45) is 5.73 Å². The summed E-state index contributed by atoms with van der Waals surface area (Å²) in [4.78, 5) is 22.3. The van der Waals surface area contributed by atoms with E-state index in [1.165, 1.54) is 63.5 Å². The standard InChI is InChI=1S/C10H23N.C10H6O5S/c1-2-3-4-5-6-7-8-9-10-11;11-7-4-5-8(12)10-6(7)2-1-3-9(10)16(13,14)15/h2-11H2,1H3;1-5H,(H,13,14,15). The minimum atomic E-state index is -4.51. The van der Waals surface area contributed by atoms with Crippen LogP contribution in [0, 0.1) is 0 Å². The number of fused-ring (bicyclic) bond motifs is 1. The lowest BCUT2D eigenvalue weighted by Gasteiger charge is -2.11. The van der Waals surface area contributed by atoms with Gasteiger partial charge in [-0.2, -0.15) is 8.42 Å². The summed E-state index contributed by atoms with van der Waals surface area (Å²) in [6.07, 6.45) is 13.0. The van der Waals surface area contributed by atoms with Gasteiger partial charge in [0.05, 0.1) is 5.56 Å². The lowest BCUT2D eigenvalue weighted by molar-refractivity contribution is 0.0991. The van der Waals surface area contributed by atoms with Gasteiger partial charge in [0.25, 0.3) is 10.1 Å². The summed E-state index contributed by atoms with van der Waals surface area (Å²) < 4.78 is 31.0. The molecule has 0 spiro atoms. The highest BCUT2D eigenvalue weighted by molar-refractivity contribution is 7.86. The molecule has 27 heavy (non-hydrogen) atoms. The molecule has 0 atom stereocenters. The SMILES string of the molecule is CCCCCCCCCCN.O=C1C=CC(=O)c2c1cccc2S(=O)(=O)O. The summed E-state index contributed by atoms with van der Waals surface area (Å²) in [5.74, 6) is -1.07. The van der Waals surface area contributed by atoms with E-state index in [9.17, 15) is 18.0 Å². The van der Waals surface area contributed by atoms with Crippen molar-refractivity contribution in [2.75, 3.05) is 6.54 Å². The first-order valence-electron chi connectivity index (χ1n) is 9.40. The Hall–Kier alpha value is -1.83. The topological polar surface area (TPSA) is 115 Å². The van der Waals surface area contributed by atoms with Gasteiger partial charge in [0, 0.05) is 5.56 Å². The molecule has 0 radical (unpaired) electrons. The van der Waals surface area contributed by atoms with Gasteiger partial charge in [-0.05, 0) is 31.2 Å². The number of carbonyl (C=O) groups excluding carboxylic acids is 2. The number of allylic oxidation sites excluding steroid dienone is 2. The maximum absolute atomic E-state index is 11.5. The summed E-state index contributed by atoms with van der Waals surface area (Å²) in [5.41, 5.74) is 5.11. The van der Waals surface area contributed by atoms with Gasteiger partial charge in [-0.25, -0.2) is 0 Å². The van der Waals surface area contributed by atoms with Gasteiger partial charge in [0.15, 0.2) is 11.6 Å². The smallest absolute Gasteiger partial charge is 0.295 e. The van der Waals surface area contributed by atoms with Crippen molar-refractivity contribution in [1.29, 1.82) is 0 Å². The van der Waals surface area contributed by atoms with E-state index in [4.69, 9.17) is 10.3 Å². The Balaban J connectivity index is 0.000000293. The molecule has 6 nitrogen and oxygen atoms in total. The summed E-state index contributed by atoms with van der Waals surface area (Å²) in [6.45, 7) is 3.13. The number of hydrogen-bond acceptors (Lipinski definition) is 5. The number of nitrogens with two attached hydrogens (primary N) is 1. The Bertz CT molecular complexity index is 761. The third-order valence-electron chi connectivity index (χ3n) is 4.26. The van der Waals surface area contributed by atoms with Gasteiger partial charge in [-0.3, -0.25) is 14.1 Å². The van der Waals surface area contributed by atoms with E-state index in [0.717, 1.165) is 24.8 Å². The Morgan fingerprint density at radius 2 is 1.44 bits per heavy atom. The molecule has 0 saturated carbocycles. The summed E-state index contributed by atoms with van der Waals surface area (Å²) in [7, 11) is -4.51. The molecule has 0 heterocycles. The van der Waals surface area contributed by atoms with E-state index in [1.807, 2.05) is 0 Å². The molecule has 1 aromatic carbocycles. The van der Waals surface area contributed by atoms with Crippen LogP contribution >= 0.6 is 0 Å². The zero-order valence-electron chi connectivity index (χ0n) is 15.8. The molecule has 0 aliphatic heterocycles. The average Bonchev–Trinajstić information content (AvgIpc) is 2.63. The Kier molecular flexibility index (Phi) is 10.1. The number of hydrogen-bond donors (Lipinski definition) is 2. The van der Waals surface area contributed by atoms with Crippen LogP contribution in [-0.4, -0.2) is 31.1 Å². The van der Waals surface area contributed by atoms with Crippen molar-refractivity contribution in [2.45, 2.75) is 63.2 Å². The second-order valence-corrected chi connectivity index (χ2v) is 7.87. The highest BCUT2D eigenvalue weighted by Crippen LogP contribution is 2.24. The molecular weight excluding hydrogens is 366 g/mol. The average molecular weight is 396 g/mol. The van der Waals surface area contributed by atoms with E-state index in [-0.39, 0.29) is 11.1 Å². The first-order chi connectivity index (χ1) is 12.8. The molecule has 1 aliphatic rings. The predicted molar refractivity (Wildman–Crippen MR) is 106 cm³/mol. The van der Waals surface area contributed by atoms with Crippen molar-refractivity contribution in [3.05, 3.63) is 41.5 Å². The van der Waals surface area contributed by atoms with Crippen LogP contribution in [0.1, 0.15) is 79.0 Å². The molecule has 7 heteroatoms. The van der Waals surface area contributed by atoms with Gasteiger partial charge >= 0.3 is 0 Å². The minimum absolute atomic E-state index is 0.0115. The Morgan fingerprint density at radius 3 is 2.00 bits per heavy atom. The van der Waals surface area contributed by atoms with Crippen molar-refractivity contribution in [1.82, 2.24) is 0 Å². The maximum atomic E-state index is 11.5. The zero-order chi connectivity index (χ0) is 20.3. The van der Waals surface area contributed by atoms with Crippen LogP contribution in [0.3, 0.4) is 0 Å². The number of benzene rings is 1. The second-order valence-electron chi connectivity index (χ2n) is 6.48. The molecule has 3 N–H and O–H groups in total. The van der Waals surface area contributed by atoms with Crippen LogP contribution in [0.5, 0.6) is 0 Å². The Labute approximate surface area is 161 Å². The molecule has 0 fully saturated rings. The van der Waals surface area contributed by atoms with E-state index in [0.29, 0.717) is 0 Å². The van der Waals surface area contributed by atoms with Gasteiger partial charge in [-0.1, -0.05) is 64.0 Å². The largest absolute Gasteiger partial charge is 0.330 e. The molecule has 2 rings (SSSR count). The fourth-order valence-electron chi connectivity index (χ4n) is 2.81. The van der Waals surface area contributed by atoms with Crippen LogP contribution in [0.4, 0.5) is 0 Å². The number of ketones is 2. The van der Waals surface area contributed by atoms with Crippen molar-refractivity contribution in [3.8, 4) is 0 Å². The molecule has 0 amide bonds. The molecule has 1 aliphatic carbocycles. The van der Waals surface area contributed by atoms with Crippen molar-refractivity contribution < 1.29 is 22.6 Å². The van der Waals surface area contributed by atoms with Crippen LogP contribution in [-0.2, 0) is 10.1 Å². The highest BCUT2D eigenvalue weighted by Gasteiger charge is 2.27. The van der Waals surface area contributed by atoms with Crippen molar-refractivity contribution in [3.63, 3.8) is 0 Å². The monoisotopic (exact) mass is 395 g/mol. The van der Waals surface area contributed by atoms with Gasteiger partial charge in [0.2, 0.25) is 0 Å². The first-order valence-corrected chi connectivity index (χ1v) is 10.8. The predicted octanol–water partition coefficient (Wildman–Crippen LogP) is 3.95. The molecular formula is C20H29NO5S. The van der Waals surface area contributed by atoms with E-state index >= 15 is 0 Å². The van der Waals surface area contributed by atoms with E-state index < -0.39 is 26.6 Å². The van der Waals surface area contributed by atoms with Gasteiger partial charge in [0.1, 0.15) is 4.90 Å². The summed E-state index contributed by atoms with van der Waals surface area (Å²) in [6, 6.07) is 3.72. The zero-order valence-corrected chi connectivity index (χ0v) is 16.6. The van der Waals surface area contributed by atoms with Gasteiger partial charge in [-0.15, -0.1) is 0 Å². The highest BCUT2D eigenvalue weighted by atomic mass is 32.2. The normalized spacial score (nSPS) is 13.1. The lowest BCUT2D eigenvalue weighted by atomic mass is 9.95. The van der Waals surface area contributed by atoms with Crippen LogP contribution in [0.15, 0.2) is 35.2 Å². The van der Waals surface area contributed by atoms with E-state index in [2.05, 4.69) is 6.92 Å². The molecule has 150 valence electrons. The third kappa shape index (κ3) is 7.74. The second kappa shape index (κ2) is 11.8. The summed E-state index contributed by atoms with van der Waals surface area (Å²) in [5, 5.41) is 0. The number of rotatable bonds is 9. The molecule has 1 aromatic rings. The van der Waals surface area contributed by atoms with Crippen LogP contribution in [0.2, 0.25) is 0 Å². The minimum Gasteiger partial charge on any atom is -0.330 e. The van der Waals surface area contributed by atoms with Crippen LogP contribution in [0.25, 0.3) is 0 Å². The van der Waals surface area contributed by atoms with E-state index in [1.54, 1.807) is 0 Å². The van der Waals surface area contributed by atoms with Crippen molar-refractivity contribution >= 4 is 21.7 Å². The molecule has 0 bridgehead atoms. The molecule has 0 aromatic heterocycles. The fraction of sp³-hybridized carbons (Fsp3) is 0.500. The lowest BCUT2D eigenvalue weighted by Crippen LogP contribution is -2.16. The number of unbranched alkanes of at least 4 members (excludes halogenated alkanes) is 7. The van der Waals surface area contributed by atoms with Gasteiger partial charge < -0.3 is 5.73 Å². The fourth-order valence-corrected chi connectivity index (χ4v) is 3.53. The Morgan fingerprint density at radius 1 is 0.889 bits per heavy atom. The molecule has 0 saturated heterocycles. The third-order valence-corrected chi connectivity index (χ3v) is 5.16. The summed E-state index contributed by atoms with van der Waals surface area (Å²) >= 11 is 0. The maximum Gasteiger partial charge on any atom is 0.295 e.